The largest absolute Gasteiger partial charge is 0.380 e. The van der Waals surface area contributed by atoms with Gasteiger partial charge in [-0.05, 0) is 46.4 Å². The Balaban J connectivity index is 2.12. The molecule has 0 heterocycles. The second-order valence-electron chi connectivity index (χ2n) is 3.87. The predicted octanol–water partition coefficient (Wildman–Crippen LogP) is 4.46. The number of non-ortho nitro benzene ring substituents is 1. The molecule has 2 rings (SSSR count). The van der Waals surface area contributed by atoms with Crippen LogP contribution < -0.4 is 5.32 Å². The van der Waals surface area contributed by atoms with Gasteiger partial charge in [0.1, 0.15) is 0 Å². The van der Waals surface area contributed by atoms with Crippen LogP contribution in [-0.4, -0.2) is 4.92 Å². The number of hydrogen-bond acceptors (Lipinski definition) is 3. The van der Waals surface area contributed by atoms with Crippen molar-refractivity contribution in [2.75, 3.05) is 5.32 Å². The molecular formula is C13H10ClIN2O2. The van der Waals surface area contributed by atoms with Crippen LogP contribution in [0.25, 0.3) is 0 Å². The van der Waals surface area contributed by atoms with Crippen LogP contribution in [0.5, 0.6) is 0 Å². The number of nitrogens with one attached hydrogen (secondary N) is 1. The molecule has 1 N–H and O–H groups in total. The monoisotopic (exact) mass is 388 g/mol. The summed E-state index contributed by atoms with van der Waals surface area (Å²) < 4.78 is 1.11. The molecule has 0 radical (unpaired) electrons. The maximum atomic E-state index is 10.6. The third-order valence-electron chi connectivity index (χ3n) is 2.59. The second-order valence-corrected chi connectivity index (χ2v) is 5.44. The summed E-state index contributed by atoms with van der Waals surface area (Å²) in [4.78, 5) is 10.2. The lowest BCUT2D eigenvalue weighted by atomic mass is 10.2. The van der Waals surface area contributed by atoms with Crippen LogP contribution in [0, 0.1) is 13.7 Å². The number of nitro groups is 1. The molecule has 6 heteroatoms. The molecule has 19 heavy (non-hydrogen) atoms. The van der Waals surface area contributed by atoms with Crippen molar-refractivity contribution in [2.45, 2.75) is 6.54 Å². The number of nitrogens with zero attached hydrogens (tertiary/aromatic N) is 1. The molecule has 0 fully saturated rings. The highest BCUT2D eigenvalue weighted by molar-refractivity contribution is 14.1. The van der Waals surface area contributed by atoms with Gasteiger partial charge in [0.25, 0.3) is 5.69 Å². The molecule has 0 bridgehead atoms. The Morgan fingerprint density at radius 2 is 2.00 bits per heavy atom. The van der Waals surface area contributed by atoms with Crippen molar-refractivity contribution in [3.8, 4) is 0 Å². The first-order valence-corrected chi connectivity index (χ1v) is 6.95. The van der Waals surface area contributed by atoms with Gasteiger partial charge in [0.15, 0.2) is 0 Å². The summed E-state index contributed by atoms with van der Waals surface area (Å²) >= 11 is 8.27. The minimum absolute atomic E-state index is 0.00282. The Morgan fingerprint density at radius 1 is 1.26 bits per heavy atom. The molecule has 0 aliphatic carbocycles. The van der Waals surface area contributed by atoms with Crippen LogP contribution in [0.1, 0.15) is 5.56 Å². The number of anilines is 1. The van der Waals surface area contributed by atoms with Gasteiger partial charge in [0.2, 0.25) is 0 Å². The van der Waals surface area contributed by atoms with Crippen molar-refractivity contribution in [1.82, 2.24) is 0 Å². The van der Waals surface area contributed by atoms with E-state index >= 15 is 0 Å². The van der Waals surface area contributed by atoms with Crippen LogP contribution in [-0.2, 0) is 6.54 Å². The average molecular weight is 389 g/mol. The molecule has 98 valence electrons. The van der Waals surface area contributed by atoms with Gasteiger partial charge in [0.05, 0.1) is 9.95 Å². The third kappa shape index (κ3) is 3.57. The molecule has 0 saturated carbocycles. The van der Waals surface area contributed by atoms with Gasteiger partial charge in [0, 0.05) is 27.9 Å². The van der Waals surface area contributed by atoms with E-state index in [0.717, 1.165) is 14.8 Å². The van der Waals surface area contributed by atoms with E-state index in [2.05, 4.69) is 27.9 Å². The van der Waals surface area contributed by atoms with Crippen molar-refractivity contribution < 1.29 is 4.92 Å². The van der Waals surface area contributed by atoms with E-state index in [1.165, 1.54) is 12.1 Å². The number of nitro benzene ring substituents is 1. The number of para-hydroxylation sites is 1. The zero-order valence-corrected chi connectivity index (χ0v) is 12.7. The first kappa shape index (κ1) is 14.1. The summed E-state index contributed by atoms with van der Waals surface area (Å²) in [5.41, 5.74) is 1.84. The smallest absolute Gasteiger partial charge is 0.270 e. The molecule has 0 spiro atoms. The fourth-order valence-corrected chi connectivity index (χ4v) is 2.41. The summed E-state index contributed by atoms with van der Waals surface area (Å²) in [6.45, 7) is 0.525. The van der Waals surface area contributed by atoms with E-state index < -0.39 is 4.92 Å². The zero-order valence-electron chi connectivity index (χ0n) is 9.77. The molecule has 0 saturated heterocycles. The summed E-state index contributed by atoms with van der Waals surface area (Å²) in [6, 6.07) is 12.4. The maximum Gasteiger partial charge on any atom is 0.270 e. The summed E-state index contributed by atoms with van der Waals surface area (Å²) in [5, 5.41) is 14.3. The van der Waals surface area contributed by atoms with Crippen LogP contribution in [0.2, 0.25) is 5.02 Å². The lowest BCUT2D eigenvalue weighted by Crippen LogP contribution is -2.02. The first-order chi connectivity index (χ1) is 9.08. The van der Waals surface area contributed by atoms with Crippen LogP contribution >= 0.6 is 34.2 Å². The standard InChI is InChI=1S/C13H10ClIN2O2/c14-11-7-10(17(18)19)6-5-9(11)8-16-13-4-2-1-3-12(13)15/h1-7,16H,8H2. The highest BCUT2D eigenvalue weighted by atomic mass is 127. The van der Waals surface area contributed by atoms with Crippen molar-refractivity contribution >= 4 is 45.6 Å². The summed E-state index contributed by atoms with van der Waals surface area (Å²) in [7, 11) is 0. The Bertz CT molecular complexity index is 619. The number of halogens is 2. The molecule has 2 aromatic carbocycles. The molecule has 0 aromatic heterocycles. The molecule has 2 aromatic rings. The van der Waals surface area contributed by atoms with Crippen molar-refractivity contribution in [2.24, 2.45) is 0 Å². The topological polar surface area (TPSA) is 55.2 Å². The van der Waals surface area contributed by atoms with Crippen LogP contribution in [0.4, 0.5) is 11.4 Å². The Hall–Kier alpha value is -1.34. The minimum atomic E-state index is -0.455. The molecule has 0 unspecified atom stereocenters. The molecule has 0 aliphatic rings. The van der Waals surface area contributed by atoms with E-state index in [9.17, 15) is 10.1 Å². The average Bonchev–Trinajstić information content (AvgIpc) is 2.39. The van der Waals surface area contributed by atoms with Gasteiger partial charge >= 0.3 is 0 Å². The van der Waals surface area contributed by atoms with Crippen molar-refractivity contribution in [3.05, 3.63) is 66.7 Å². The SMILES string of the molecule is O=[N+]([O-])c1ccc(CNc2ccccc2I)c(Cl)c1. The fourth-order valence-electron chi connectivity index (χ4n) is 1.59. The maximum absolute atomic E-state index is 10.6. The molecule has 0 atom stereocenters. The molecule has 4 nitrogen and oxygen atoms in total. The lowest BCUT2D eigenvalue weighted by Gasteiger charge is -2.09. The predicted molar refractivity (Wildman–Crippen MR) is 84.6 cm³/mol. The van der Waals surface area contributed by atoms with Gasteiger partial charge in [-0.15, -0.1) is 0 Å². The summed E-state index contributed by atoms with van der Waals surface area (Å²) in [6.07, 6.45) is 0. The Morgan fingerprint density at radius 3 is 2.63 bits per heavy atom. The molecular weight excluding hydrogens is 379 g/mol. The fraction of sp³-hybridized carbons (Fsp3) is 0.0769. The zero-order chi connectivity index (χ0) is 13.8. The van der Waals surface area contributed by atoms with E-state index in [-0.39, 0.29) is 5.69 Å². The van der Waals surface area contributed by atoms with E-state index in [0.29, 0.717) is 11.6 Å². The molecule has 0 aliphatic heterocycles. The van der Waals surface area contributed by atoms with Gasteiger partial charge in [-0.25, -0.2) is 0 Å². The second kappa shape index (κ2) is 6.21. The van der Waals surface area contributed by atoms with E-state index in [1.54, 1.807) is 6.07 Å². The molecule has 0 amide bonds. The Labute approximate surface area is 129 Å². The van der Waals surface area contributed by atoms with E-state index in [1.807, 2.05) is 24.3 Å². The highest BCUT2D eigenvalue weighted by Crippen LogP contribution is 2.24. The first-order valence-electron chi connectivity index (χ1n) is 5.49. The normalized spacial score (nSPS) is 10.2. The third-order valence-corrected chi connectivity index (χ3v) is 3.88. The quantitative estimate of drug-likeness (QED) is 0.478. The van der Waals surface area contributed by atoms with Gasteiger partial charge in [-0.3, -0.25) is 10.1 Å². The number of rotatable bonds is 4. The van der Waals surface area contributed by atoms with Crippen LogP contribution in [0.15, 0.2) is 42.5 Å². The Kier molecular flexibility index (Phi) is 4.60. The number of benzene rings is 2. The van der Waals surface area contributed by atoms with Crippen molar-refractivity contribution in [3.63, 3.8) is 0 Å². The lowest BCUT2D eigenvalue weighted by molar-refractivity contribution is -0.384. The van der Waals surface area contributed by atoms with Crippen LogP contribution in [0.3, 0.4) is 0 Å². The van der Waals surface area contributed by atoms with Gasteiger partial charge in [-0.2, -0.15) is 0 Å². The van der Waals surface area contributed by atoms with Crippen molar-refractivity contribution in [1.29, 1.82) is 0 Å². The minimum Gasteiger partial charge on any atom is -0.380 e. The number of hydrogen-bond donors (Lipinski definition) is 1. The highest BCUT2D eigenvalue weighted by Gasteiger charge is 2.09. The van der Waals surface area contributed by atoms with Gasteiger partial charge in [-0.1, -0.05) is 23.7 Å². The van der Waals surface area contributed by atoms with E-state index in [4.69, 9.17) is 11.6 Å². The van der Waals surface area contributed by atoms with Gasteiger partial charge < -0.3 is 5.32 Å². The summed E-state index contributed by atoms with van der Waals surface area (Å²) in [5.74, 6) is 0.